The average Bonchev–Trinajstić information content (AvgIpc) is 3.11. The number of hydrogen-bond donors (Lipinski definition) is 2. The Morgan fingerprint density at radius 1 is 1.21 bits per heavy atom. The number of para-hydroxylation sites is 1. The minimum Gasteiger partial charge on any atom is -0.489 e. The average molecular weight is 498 g/mol. The van der Waals surface area contributed by atoms with Crippen molar-refractivity contribution in [2.75, 3.05) is 13.2 Å². The summed E-state index contributed by atoms with van der Waals surface area (Å²) in [7, 11) is 0. The molecular formula is C21H31IN4O2. The van der Waals surface area contributed by atoms with Gasteiger partial charge in [0, 0.05) is 30.6 Å². The maximum Gasteiger partial charge on any atom is 0.191 e. The van der Waals surface area contributed by atoms with E-state index < -0.39 is 0 Å². The molecule has 1 heterocycles. The van der Waals surface area contributed by atoms with E-state index in [-0.39, 0.29) is 24.0 Å². The molecule has 2 rings (SSSR count). The second kappa shape index (κ2) is 13.2. The molecule has 0 aliphatic rings. The van der Waals surface area contributed by atoms with Gasteiger partial charge in [0.25, 0.3) is 0 Å². The molecular weight excluding hydrogens is 467 g/mol. The van der Waals surface area contributed by atoms with Gasteiger partial charge in [-0.3, -0.25) is 0 Å². The molecule has 0 aliphatic heterocycles. The maximum atomic E-state index is 5.71. The van der Waals surface area contributed by atoms with Gasteiger partial charge in [0.15, 0.2) is 5.96 Å². The van der Waals surface area contributed by atoms with Gasteiger partial charge in [0.2, 0.25) is 0 Å². The van der Waals surface area contributed by atoms with E-state index >= 15 is 0 Å². The first-order chi connectivity index (χ1) is 13.2. The van der Waals surface area contributed by atoms with Gasteiger partial charge in [-0.25, -0.2) is 4.99 Å². The van der Waals surface area contributed by atoms with Gasteiger partial charge in [0.1, 0.15) is 18.1 Å². The van der Waals surface area contributed by atoms with E-state index in [1.165, 1.54) is 0 Å². The molecule has 0 spiro atoms. The van der Waals surface area contributed by atoms with Gasteiger partial charge in [-0.05, 0) is 19.4 Å². The van der Waals surface area contributed by atoms with Crippen LogP contribution in [0.25, 0.3) is 0 Å². The Morgan fingerprint density at radius 3 is 2.68 bits per heavy atom. The number of hydrogen-bond acceptors (Lipinski definition) is 4. The van der Waals surface area contributed by atoms with Crippen molar-refractivity contribution in [3.8, 4) is 5.75 Å². The van der Waals surface area contributed by atoms with Crippen molar-refractivity contribution in [1.82, 2.24) is 15.8 Å². The summed E-state index contributed by atoms with van der Waals surface area (Å²) in [4.78, 5) is 4.70. The van der Waals surface area contributed by atoms with Crippen LogP contribution in [0.15, 0.2) is 46.4 Å². The van der Waals surface area contributed by atoms with Crippen molar-refractivity contribution in [2.45, 2.75) is 46.7 Å². The lowest BCUT2D eigenvalue weighted by Crippen LogP contribution is -2.37. The van der Waals surface area contributed by atoms with Crippen LogP contribution in [-0.2, 0) is 25.9 Å². The van der Waals surface area contributed by atoms with Crippen LogP contribution in [0.1, 0.15) is 43.4 Å². The van der Waals surface area contributed by atoms with Gasteiger partial charge >= 0.3 is 0 Å². The zero-order chi connectivity index (χ0) is 19.5. The number of nitrogens with zero attached hydrogens (tertiary/aromatic N) is 2. The van der Waals surface area contributed by atoms with E-state index in [0.717, 1.165) is 53.7 Å². The summed E-state index contributed by atoms with van der Waals surface area (Å²) in [6.45, 7) is 12.3. The standard InChI is InChI=1S/C21H30N4O2.HI/c1-5-13-26-20-12-10-9-11-16(20)14-23-21(22-8-4)24-15-17-18(6-2)25-27-19(17)7-3;/h5,9-12H,1,6-8,13-15H2,2-4H3,(H2,22,23,24);1H. The van der Waals surface area contributed by atoms with Crippen LogP contribution >= 0.6 is 24.0 Å². The monoisotopic (exact) mass is 498 g/mol. The molecule has 6 nitrogen and oxygen atoms in total. The molecule has 0 bridgehead atoms. The van der Waals surface area contributed by atoms with Crippen molar-refractivity contribution in [1.29, 1.82) is 0 Å². The summed E-state index contributed by atoms with van der Waals surface area (Å²) in [5.41, 5.74) is 3.16. The Kier molecular flexibility index (Phi) is 11.3. The Morgan fingerprint density at radius 2 is 2.00 bits per heavy atom. The quantitative estimate of drug-likeness (QED) is 0.222. The van der Waals surface area contributed by atoms with Crippen molar-refractivity contribution >= 4 is 29.9 Å². The lowest BCUT2D eigenvalue weighted by Gasteiger charge is -2.13. The molecule has 0 saturated carbocycles. The molecule has 2 N–H and O–H groups in total. The molecule has 1 aromatic heterocycles. The maximum absolute atomic E-state index is 5.71. The van der Waals surface area contributed by atoms with Crippen LogP contribution in [-0.4, -0.2) is 24.3 Å². The lowest BCUT2D eigenvalue weighted by atomic mass is 10.1. The molecule has 0 unspecified atom stereocenters. The number of ether oxygens (including phenoxy) is 1. The fourth-order valence-electron chi connectivity index (χ4n) is 2.74. The summed E-state index contributed by atoms with van der Waals surface area (Å²) < 4.78 is 11.1. The largest absolute Gasteiger partial charge is 0.489 e. The zero-order valence-corrected chi connectivity index (χ0v) is 19.3. The van der Waals surface area contributed by atoms with Gasteiger partial charge in [0.05, 0.1) is 12.2 Å². The second-order valence-electron chi connectivity index (χ2n) is 5.99. The number of nitrogens with one attached hydrogen (secondary N) is 2. The predicted octanol–water partition coefficient (Wildman–Crippen LogP) is 4.24. The summed E-state index contributed by atoms with van der Waals surface area (Å²) in [6.07, 6.45) is 3.41. The molecule has 28 heavy (non-hydrogen) atoms. The Labute approximate surface area is 184 Å². The number of rotatable bonds is 10. The van der Waals surface area contributed by atoms with Gasteiger partial charge in [-0.2, -0.15) is 0 Å². The highest BCUT2D eigenvalue weighted by atomic mass is 127. The van der Waals surface area contributed by atoms with E-state index in [4.69, 9.17) is 14.3 Å². The van der Waals surface area contributed by atoms with Crippen molar-refractivity contribution in [3.05, 3.63) is 59.5 Å². The minimum absolute atomic E-state index is 0. The number of aromatic nitrogens is 1. The van der Waals surface area contributed by atoms with Crippen LogP contribution in [0.5, 0.6) is 5.75 Å². The number of aryl methyl sites for hydroxylation is 2. The lowest BCUT2D eigenvalue weighted by molar-refractivity contribution is 0.359. The molecule has 1 aromatic carbocycles. The fourth-order valence-corrected chi connectivity index (χ4v) is 2.74. The van der Waals surface area contributed by atoms with E-state index in [2.05, 4.69) is 36.2 Å². The molecule has 7 heteroatoms. The Balaban J connectivity index is 0.00000392. The van der Waals surface area contributed by atoms with E-state index in [9.17, 15) is 0 Å². The SMILES string of the molecule is C=CCOc1ccccc1CN=C(NCC)NCc1c(CC)noc1CC.I. The third-order valence-electron chi connectivity index (χ3n) is 4.12. The highest BCUT2D eigenvalue weighted by Crippen LogP contribution is 2.19. The third kappa shape index (κ3) is 6.85. The van der Waals surface area contributed by atoms with Crippen LogP contribution in [0, 0.1) is 0 Å². The third-order valence-corrected chi connectivity index (χ3v) is 4.12. The van der Waals surface area contributed by atoms with Crippen molar-refractivity contribution in [3.63, 3.8) is 0 Å². The van der Waals surface area contributed by atoms with Crippen LogP contribution in [0.4, 0.5) is 0 Å². The minimum atomic E-state index is 0. The summed E-state index contributed by atoms with van der Waals surface area (Å²) in [5.74, 6) is 2.51. The predicted molar refractivity (Wildman–Crippen MR) is 124 cm³/mol. The van der Waals surface area contributed by atoms with Gasteiger partial charge in [-0.15, -0.1) is 24.0 Å². The zero-order valence-electron chi connectivity index (χ0n) is 17.0. The first-order valence-electron chi connectivity index (χ1n) is 9.53. The smallest absolute Gasteiger partial charge is 0.191 e. The van der Waals surface area contributed by atoms with Gasteiger partial charge in [-0.1, -0.05) is 49.9 Å². The molecule has 0 saturated heterocycles. The number of halogens is 1. The van der Waals surface area contributed by atoms with Gasteiger partial charge < -0.3 is 19.9 Å². The molecule has 2 aromatic rings. The van der Waals surface area contributed by atoms with Crippen molar-refractivity contribution in [2.24, 2.45) is 4.99 Å². The second-order valence-corrected chi connectivity index (χ2v) is 5.99. The molecule has 0 aliphatic carbocycles. The first-order valence-corrected chi connectivity index (χ1v) is 9.53. The van der Waals surface area contributed by atoms with Crippen molar-refractivity contribution < 1.29 is 9.26 Å². The molecule has 0 atom stereocenters. The van der Waals surface area contributed by atoms with E-state index in [1.807, 2.05) is 31.2 Å². The molecule has 0 amide bonds. The molecule has 0 radical (unpaired) electrons. The summed E-state index contributed by atoms with van der Waals surface area (Å²) >= 11 is 0. The molecule has 154 valence electrons. The molecule has 0 fully saturated rings. The summed E-state index contributed by atoms with van der Waals surface area (Å²) in [6, 6.07) is 7.92. The van der Waals surface area contributed by atoms with Crippen LogP contribution in [0.3, 0.4) is 0 Å². The van der Waals surface area contributed by atoms with Crippen LogP contribution < -0.4 is 15.4 Å². The normalized spacial score (nSPS) is 10.9. The highest BCUT2D eigenvalue weighted by molar-refractivity contribution is 14.0. The fraction of sp³-hybridized carbons (Fsp3) is 0.429. The first kappa shape index (κ1) is 24.0. The number of benzene rings is 1. The topological polar surface area (TPSA) is 71.7 Å². The van der Waals surface area contributed by atoms with E-state index in [1.54, 1.807) is 6.08 Å². The van der Waals surface area contributed by atoms with Crippen LogP contribution in [0.2, 0.25) is 0 Å². The Hall–Kier alpha value is -2.03. The highest BCUT2D eigenvalue weighted by Gasteiger charge is 2.13. The number of aliphatic imine (C=N–C) groups is 1. The Bertz CT molecular complexity index is 737. The number of guanidine groups is 1. The van der Waals surface area contributed by atoms with E-state index in [0.29, 0.717) is 19.7 Å². The summed E-state index contributed by atoms with van der Waals surface area (Å²) in [5, 5.41) is 10.8.